The third kappa shape index (κ3) is 3.34. The SMILES string of the molecule is O=S(=O)(Nc1c(F)cccc1CO)c1cc(F)cc(F)c1. The van der Waals surface area contributed by atoms with Crippen LogP contribution in [0, 0.1) is 17.5 Å². The van der Waals surface area contributed by atoms with Crippen molar-refractivity contribution in [2.75, 3.05) is 4.72 Å². The summed E-state index contributed by atoms with van der Waals surface area (Å²) in [5.74, 6) is -3.07. The van der Waals surface area contributed by atoms with E-state index in [0.717, 1.165) is 6.07 Å². The molecule has 2 rings (SSSR count). The molecule has 4 nitrogen and oxygen atoms in total. The Morgan fingerprint density at radius 1 is 1.05 bits per heavy atom. The first-order valence-electron chi connectivity index (χ1n) is 5.70. The molecule has 0 atom stereocenters. The van der Waals surface area contributed by atoms with Crippen LogP contribution in [0.2, 0.25) is 0 Å². The average Bonchev–Trinajstić information content (AvgIpc) is 2.40. The number of anilines is 1. The van der Waals surface area contributed by atoms with E-state index >= 15 is 0 Å². The number of para-hydroxylation sites is 1. The summed E-state index contributed by atoms with van der Waals surface area (Å²) >= 11 is 0. The normalized spacial score (nSPS) is 11.4. The van der Waals surface area contributed by atoms with Crippen molar-refractivity contribution >= 4 is 15.7 Å². The van der Waals surface area contributed by atoms with Gasteiger partial charge in [-0.1, -0.05) is 12.1 Å². The van der Waals surface area contributed by atoms with E-state index in [1.807, 2.05) is 4.72 Å². The van der Waals surface area contributed by atoms with Crippen LogP contribution in [-0.4, -0.2) is 13.5 Å². The highest BCUT2D eigenvalue weighted by molar-refractivity contribution is 7.92. The molecule has 2 aromatic carbocycles. The molecule has 0 aromatic heterocycles. The fraction of sp³-hybridized carbons (Fsp3) is 0.0769. The Morgan fingerprint density at radius 3 is 2.24 bits per heavy atom. The van der Waals surface area contributed by atoms with E-state index < -0.39 is 44.7 Å². The molecule has 0 heterocycles. The number of halogens is 3. The van der Waals surface area contributed by atoms with Crippen LogP contribution in [0.15, 0.2) is 41.3 Å². The van der Waals surface area contributed by atoms with Gasteiger partial charge in [-0.25, -0.2) is 21.6 Å². The lowest BCUT2D eigenvalue weighted by molar-refractivity contribution is 0.282. The Kier molecular flexibility index (Phi) is 4.19. The van der Waals surface area contributed by atoms with Gasteiger partial charge in [-0.3, -0.25) is 4.72 Å². The van der Waals surface area contributed by atoms with E-state index in [-0.39, 0.29) is 5.56 Å². The van der Waals surface area contributed by atoms with E-state index in [4.69, 9.17) is 5.11 Å². The van der Waals surface area contributed by atoms with Gasteiger partial charge in [-0.15, -0.1) is 0 Å². The second kappa shape index (κ2) is 5.74. The number of benzene rings is 2. The maximum absolute atomic E-state index is 13.7. The first-order chi connectivity index (χ1) is 9.83. The van der Waals surface area contributed by atoms with Crippen molar-refractivity contribution in [3.05, 3.63) is 59.4 Å². The molecule has 0 saturated heterocycles. The van der Waals surface area contributed by atoms with Gasteiger partial charge >= 0.3 is 0 Å². The van der Waals surface area contributed by atoms with Crippen molar-refractivity contribution in [1.29, 1.82) is 0 Å². The number of hydrogen-bond donors (Lipinski definition) is 2. The predicted molar refractivity (Wildman–Crippen MR) is 69.5 cm³/mol. The van der Waals surface area contributed by atoms with Crippen molar-refractivity contribution < 1.29 is 26.7 Å². The van der Waals surface area contributed by atoms with Gasteiger partial charge in [-0.2, -0.15) is 0 Å². The summed E-state index contributed by atoms with van der Waals surface area (Å²) in [5, 5.41) is 9.08. The van der Waals surface area contributed by atoms with Crippen molar-refractivity contribution in [1.82, 2.24) is 0 Å². The summed E-state index contributed by atoms with van der Waals surface area (Å²) in [6.07, 6.45) is 0. The van der Waals surface area contributed by atoms with Crippen LogP contribution in [-0.2, 0) is 16.6 Å². The number of aliphatic hydroxyl groups excluding tert-OH is 1. The molecule has 0 aliphatic heterocycles. The summed E-state index contributed by atoms with van der Waals surface area (Å²) < 4.78 is 65.8. The number of rotatable bonds is 4. The van der Waals surface area contributed by atoms with Crippen LogP contribution in [0.3, 0.4) is 0 Å². The highest BCUT2D eigenvalue weighted by Gasteiger charge is 2.20. The van der Waals surface area contributed by atoms with Crippen molar-refractivity contribution in [3.8, 4) is 0 Å². The molecule has 2 N–H and O–H groups in total. The minimum atomic E-state index is -4.39. The Hall–Kier alpha value is -2.06. The Bertz CT molecular complexity index is 758. The summed E-state index contributed by atoms with van der Waals surface area (Å²) in [7, 11) is -4.39. The van der Waals surface area contributed by atoms with E-state index in [1.54, 1.807) is 0 Å². The number of sulfonamides is 1. The molecule has 0 spiro atoms. The lowest BCUT2D eigenvalue weighted by Crippen LogP contribution is -2.16. The van der Waals surface area contributed by atoms with Crippen LogP contribution < -0.4 is 4.72 Å². The van der Waals surface area contributed by atoms with Crippen LogP contribution in [0.4, 0.5) is 18.9 Å². The maximum atomic E-state index is 13.7. The minimum Gasteiger partial charge on any atom is -0.392 e. The molecular weight excluding hydrogens is 307 g/mol. The molecule has 0 fully saturated rings. The van der Waals surface area contributed by atoms with Crippen molar-refractivity contribution in [2.45, 2.75) is 11.5 Å². The lowest BCUT2D eigenvalue weighted by Gasteiger charge is -2.12. The maximum Gasteiger partial charge on any atom is 0.262 e. The molecule has 2 aromatic rings. The molecule has 8 heteroatoms. The van der Waals surface area contributed by atoms with Crippen molar-refractivity contribution in [3.63, 3.8) is 0 Å². The van der Waals surface area contributed by atoms with Gasteiger partial charge in [0.1, 0.15) is 17.5 Å². The van der Waals surface area contributed by atoms with Crippen molar-refractivity contribution in [2.24, 2.45) is 0 Å². The largest absolute Gasteiger partial charge is 0.392 e. The molecule has 21 heavy (non-hydrogen) atoms. The van der Waals surface area contributed by atoms with Crippen LogP contribution in [0.5, 0.6) is 0 Å². The third-order valence-corrected chi connectivity index (χ3v) is 3.98. The molecule has 0 aliphatic carbocycles. The summed E-state index contributed by atoms with van der Waals surface area (Å²) in [5.41, 5.74) is -0.472. The van der Waals surface area contributed by atoms with Gasteiger partial charge in [-0.05, 0) is 18.2 Å². The monoisotopic (exact) mass is 317 g/mol. The summed E-state index contributed by atoms with van der Waals surface area (Å²) in [6.45, 7) is -0.604. The zero-order valence-electron chi connectivity index (χ0n) is 10.5. The second-order valence-corrected chi connectivity index (χ2v) is 5.83. The summed E-state index contributed by atoms with van der Waals surface area (Å²) in [6, 6.07) is 5.31. The van der Waals surface area contributed by atoms with Gasteiger partial charge in [0.05, 0.1) is 17.2 Å². The molecule has 0 saturated carbocycles. The fourth-order valence-corrected chi connectivity index (χ4v) is 2.84. The van der Waals surface area contributed by atoms with Gasteiger partial charge in [0.2, 0.25) is 0 Å². The topological polar surface area (TPSA) is 66.4 Å². The van der Waals surface area contributed by atoms with E-state index in [1.165, 1.54) is 12.1 Å². The highest BCUT2D eigenvalue weighted by Crippen LogP contribution is 2.24. The van der Waals surface area contributed by atoms with Gasteiger partial charge in [0.15, 0.2) is 0 Å². The third-order valence-electron chi connectivity index (χ3n) is 2.65. The molecule has 0 amide bonds. The first-order valence-corrected chi connectivity index (χ1v) is 7.19. The van der Waals surface area contributed by atoms with E-state index in [0.29, 0.717) is 18.2 Å². The molecule has 112 valence electrons. The lowest BCUT2D eigenvalue weighted by atomic mass is 10.2. The minimum absolute atomic E-state index is 0.00421. The predicted octanol–water partition coefficient (Wildman–Crippen LogP) is 2.40. The molecule has 0 unspecified atom stereocenters. The summed E-state index contributed by atoms with van der Waals surface area (Å²) in [4.78, 5) is -0.688. The fourth-order valence-electron chi connectivity index (χ4n) is 1.69. The van der Waals surface area contributed by atoms with Crippen LogP contribution in [0.25, 0.3) is 0 Å². The van der Waals surface area contributed by atoms with Gasteiger partial charge in [0, 0.05) is 11.6 Å². The smallest absolute Gasteiger partial charge is 0.262 e. The Balaban J connectivity index is 2.47. The second-order valence-electron chi connectivity index (χ2n) is 4.14. The van der Waals surface area contributed by atoms with Gasteiger partial charge in [0.25, 0.3) is 10.0 Å². The zero-order chi connectivity index (χ0) is 15.6. The van der Waals surface area contributed by atoms with Crippen LogP contribution in [0.1, 0.15) is 5.56 Å². The number of hydrogen-bond acceptors (Lipinski definition) is 3. The van der Waals surface area contributed by atoms with Crippen LogP contribution >= 0.6 is 0 Å². The molecule has 0 aliphatic rings. The molecular formula is C13H10F3NO3S. The zero-order valence-corrected chi connectivity index (χ0v) is 11.3. The van der Waals surface area contributed by atoms with E-state index in [2.05, 4.69) is 0 Å². The average molecular weight is 317 g/mol. The highest BCUT2D eigenvalue weighted by atomic mass is 32.2. The molecule has 0 bridgehead atoms. The Morgan fingerprint density at radius 2 is 1.67 bits per heavy atom. The van der Waals surface area contributed by atoms with E-state index in [9.17, 15) is 21.6 Å². The first kappa shape index (κ1) is 15.3. The standard InChI is InChI=1S/C13H10F3NO3S/c14-9-4-10(15)6-11(5-9)21(19,20)17-13-8(7-18)2-1-3-12(13)16/h1-6,17-18H,7H2. The van der Waals surface area contributed by atoms with Gasteiger partial charge < -0.3 is 5.11 Å². The molecule has 0 radical (unpaired) electrons. The number of aliphatic hydroxyl groups is 1. The number of nitrogens with one attached hydrogen (secondary N) is 1. The Labute approximate surface area is 118 Å². The quantitative estimate of drug-likeness (QED) is 0.910.